The van der Waals surface area contributed by atoms with Crippen molar-refractivity contribution in [1.29, 1.82) is 0 Å². The molecule has 7 heteroatoms. The molecule has 0 unspecified atom stereocenters. The largest absolute Gasteiger partial charge is 0.459 e. The number of rotatable bonds is 3. The summed E-state index contributed by atoms with van der Waals surface area (Å²) >= 11 is 6.00. The summed E-state index contributed by atoms with van der Waals surface area (Å²) in [5.74, 6) is 0.0219. The molecule has 1 aromatic carbocycles. The number of hydrazine groups is 1. The molecule has 3 aromatic rings. The number of benzene rings is 1. The lowest BCUT2D eigenvalue weighted by molar-refractivity contribution is 0.0935. The molecule has 100 valence electrons. The highest BCUT2D eigenvalue weighted by Crippen LogP contribution is 2.20. The van der Waals surface area contributed by atoms with Crippen molar-refractivity contribution in [3.8, 4) is 0 Å². The first-order valence-electron chi connectivity index (χ1n) is 5.76. The second-order valence-electron chi connectivity index (χ2n) is 3.91. The molecule has 0 atom stereocenters. The van der Waals surface area contributed by atoms with Crippen LogP contribution in [0.2, 0.25) is 5.15 Å². The Hall–Kier alpha value is -2.60. The SMILES string of the molecule is O=C(NNc1nc2ccccc2nc1Cl)c1ccco1. The van der Waals surface area contributed by atoms with Crippen LogP contribution in [0.25, 0.3) is 11.0 Å². The molecule has 0 bridgehead atoms. The Morgan fingerprint density at radius 2 is 1.85 bits per heavy atom. The Morgan fingerprint density at radius 1 is 1.10 bits per heavy atom. The van der Waals surface area contributed by atoms with Gasteiger partial charge in [0.15, 0.2) is 16.7 Å². The number of aromatic nitrogens is 2. The highest BCUT2D eigenvalue weighted by atomic mass is 35.5. The molecule has 3 rings (SSSR count). The summed E-state index contributed by atoms with van der Waals surface area (Å²) in [7, 11) is 0. The lowest BCUT2D eigenvalue weighted by Crippen LogP contribution is -2.29. The van der Waals surface area contributed by atoms with Crippen LogP contribution < -0.4 is 10.9 Å². The Balaban J connectivity index is 1.80. The minimum absolute atomic E-state index is 0.170. The maximum Gasteiger partial charge on any atom is 0.305 e. The van der Waals surface area contributed by atoms with Gasteiger partial charge in [-0.3, -0.25) is 15.6 Å². The van der Waals surface area contributed by atoms with E-state index in [9.17, 15) is 4.79 Å². The highest BCUT2D eigenvalue weighted by molar-refractivity contribution is 6.32. The maximum atomic E-state index is 11.7. The van der Waals surface area contributed by atoms with Crippen LogP contribution in [0.3, 0.4) is 0 Å². The third kappa shape index (κ3) is 2.41. The molecular formula is C13H9ClN4O2. The van der Waals surface area contributed by atoms with Crippen LogP contribution in [0.15, 0.2) is 47.1 Å². The quantitative estimate of drug-likeness (QED) is 0.724. The molecule has 2 aromatic heterocycles. The topological polar surface area (TPSA) is 80.0 Å². The van der Waals surface area contributed by atoms with Gasteiger partial charge in [0.05, 0.1) is 17.3 Å². The van der Waals surface area contributed by atoms with Gasteiger partial charge < -0.3 is 4.42 Å². The van der Waals surface area contributed by atoms with Gasteiger partial charge in [-0.1, -0.05) is 23.7 Å². The molecule has 0 aliphatic heterocycles. The van der Waals surface area contributed by atoms with E-state index in [0.29, 0.717) is 11.0 Å². The average molecular weight is 289 g/mol. The molecule has 20 heavy (non-hydrogen) atoms. The van der Waals surface area contributed by atoms with Gasteiger partial charge in [0.25, 0.3) is 0 Å². The van der Waals surface area contributed by atoms with E-state index in [2.05, 4.69) is 20.8 Å². The summed E-state index contributed by atoms with van der Waals surface area (Å²) in [5.41, 5.74) is 6.42. The molecule has 0 fully saturated rings. The van der Waals surface area contributed by atoms with Crippen molar-refractivity contribution in [2.45, 2.75) is 0 Å². The fourth-order valence-electron chi connectivity index (χ4n) is 1.64. The normalized spacial score (nSPS) is 10.4. The lowest BCUT2D eigenvalue weighted by atomic mass is 10.3. The number of carbonyl (C=O) groups is 1. The predicted molar refractivity (Wildman–Crippen MR) is 74.3 cm³/mol. The van der Waals surface area contributed by atoms with E-state index in [1.807, 2.05) is 12.1 Å². The fraction of sp³-hybridized carbons (Fsp3) is 0. The Labute approximate surface area is 118 Å². The zero-order valence-corrected chi connectivity index (χ0v) is 10.9. The second kappa shape index (κ2) is 5.18. The number of nitrogens with one attached hydrogen (secondary N) is 2. The van der Waals surface area contributed by atoms with Gasteiger partial charge in [0.1, 0.15) is 0 Å². The van der Waals surface area contributed by atoms with Gasteiger partial charge in [-0.15, -0.1) is 0 Å². The van der Waals surface area contributed by atoms with E-state index in [4.69, 9.17) is 16.0 Å². The summed E-state index contributed by atoms with van der Waals surface area (Å²) in [4.78, 5) is 20.2. The first kappa shape index (κ1) is 12.4. The number of amides is 1. The highest BCUT2D eigenvalue weighted by Gasteiger charge is 2.10. The van der Waals surface area contributed by atoms with E-state index < -0.39 is 5.91 Å². The number of halogens is 1. The first-order valence-corrected chi connectivity index (χ1v) is 6.14. The van der Waals surface area contributed by atoms with E-state index in [1.54, 1.807) is 24.3 Å². The van der Waals surface area contributed by atoms with Crippen LogP contribution >= 0.6 is 11.6 Å². The summed E-state index contributed by atoms with van der Waals surface area (Å²) in [6.07, 6.45) is 1.41. The van der Waals surface area contributed by atoms with Gasteiger partial charge in [0.2, 0.25) is 0 Å². The lowest BCUT2D eigenvalue weighted by Gasteiger charge is -2.08. The number of hydrogen-bond acceptors (Lipinski definition) is 5. The van der Waals surface area contributed by atoms with Gasteiger partial charge in [0, 0.05) is 0 Å². The summed E-state index contributed by atoms with van der Waals surface area (Å²) in [5, 5.41) is 0.170. The predicted octanol–water partition coefficient (Wildman–Crippen LogP) is 2.63. The van der Waals surface area contributed by atoms with Crippen LogP contribution in [-0.2, 0) is 0 Å². The van der Waals surface area contributed by atoms with E-state index in [0.717, 1.165) is 0 Å². The van der Waals surface area contributed by atoms with Gasteiger partial charge in [-0.2, -0.15) is 0 Å². The number of anilines is 1. The molecule has 1 amide bonds. The van der Waals surface area contributed by atoms with Crippen molar-refractivity contribution >= 4 is 34.4 Å². The zero-order chi connectivity index (χ0) is 13.9. The number of fused-ring (bicyclic) bond motifs is 1. The van der Waals surface area contributed by atoms with Crippen molar-refractivity contribution in [3.63, 3.8) is 0 Å². The molecule has 2 N–H and O–H groups in total. The van der Waals surface area contributed by atoms with E-state index >= 15 is 0 Å². The molecule has 2 heterocycles. The minimum atomic E-state index is -0.430. The molecule has 0 spiro atoms. The number of furan rings is 1. The molecule has 0 aliphatic carbocycles. The third-order valence-corrected chi connectivity index (χ3v) is 2.83. The van der Waals surface area contributed by atoms with Crippen molar-refractivity contribution in [2.24, 2.45) is 0 Å². The number of nitrogens with zero attached hydrogens (tertiary/aromatic N) is 2. The van der Waals surface area contributed by atoms with Gasteiger partial charge in [-0.25, -0.2) is 9.97 Å². The van der Waals surface area contributed by atoms with Crippen molar-refractivity contribution in [3.05, 3.63) is 53.6 Å². The second-order valence-corrected chi connectivity index (χ2v) is 4.27. The molecule has 0 saturated carbocycles. The molecule has 0 radical (unpaired) electrons. The Bertz CT molecular complexity index is 758. The average Bonchev–Trinajstić information content (AvgIpc) is 2.99. The summed E-state index contributed by atoms with van der Waals surface area (Å²) < 4.78 is 4.96. The van der Waals surface area contributed by atoms with Crippen LogP contribution in [0.1, 0.15) is 10.6 Å². The van der Waals surface area contributed by atoms with Gasteiger partial charge in [-0.05, 0) is 24.3 Å². The fourth-order valence-corrected chi connectivity index (χ4v) is 1.82. The van der Waals surface area contributed by atoms with Crippen molar-refractivity contribution < 1.29 is 9.21 Å². The smallest absolute Gasteiger partial charge is 0.305 e. The Kier molecular flexibility index (Phi) is 3.22. The van der Waals surface area contributed by atoms with Crippen LogP contribution in [0.5, 0.6) is 0 Å². The van der Waals surface area contributed by atoms with E-state index in [-0.39, 0.29) is 16.7 Å². The maximum absolute atomic E-state index is 11.7. The van der Waals surface area contributed by atoms with E-state index in [1.165, 1.54) is 6.26 Å². The zero-order valence-electron chi connectivity index (χ0n) is 10.1. The van der Waals surface area contributed by atoms with Crippen molar-refractivity contribution in [2.75, 3.05) is 5.43 Å². The molecular weight excluding hydrogens is 280 g/mol. The summed E-state index contributed by atoms with van der Waals surface area (Å²) in [6.45, 7) is 0. The number of para-hydroxylation sites is 2. The first-order chi connectivity index (χ1) is 9.74. The van der Waals surface area contributed by atoms with Crippen LogP contribution in [0.4, 0.5) is 5.82 Å². The Morgan fingerprint density at radius 3 is 2.55 bits per heavy atom. The number of hydrogen-bond donors (Lipinski definition) is 2. The van der Waals surface area contributed by atoms with Crippen LogP contribution in [0, 0.1) is 0 Å². The van der Waals surface area contributed by atoms with Gasteiger partial charge >= 0.3 is 5.91 Å². The molecule has 0 aliphatic rings. The van der Waals surface area contributed by atoms with Crippen LogP contribution in [-0.4, -0.2) is 15.9 Å². The molecule has 0 saturated heterocycles. The standard InChI is InChI=1S/C13H9ClN4O2/c14-11-12(16-9-5-2-1-4-8(9)15-11)17-18-13(19)10-6-3-7-20-10/h1-7H,(H,16,17)(H,18,19). The number of carbonyl (C=O) groups excluding carboxylic acids is 1. The molecule has 6 nitrogen and oxygen atoms in total. The monoisotopic (exact) mass is 288 g/mol. The third-order valence-electron chi connectivity index (χ3n) is 2.57. The summed E-state index contributed by atoms with van der Waals surface area (Å²) in [6, 6.07) is 10.5. The minimum Gasteiger partial charge on any atom is -0.459 e. The van der Waals surface area contributed by atoms with Crippen molar-refractivity contribution in [1.82, 2.24) is 15.4 Å².